The van der Waals surface area contributed by atoms with E-state index in [1.54, 1.807) is 13.8 Å². The van der Waals surface area contributed by atoms with Gasteiger partial charge in [0.05, 0.1) is 37.3 Å². The summed E-state index contributed by atoms with van der Waals surface area (Å²) in [4.78, 5) is 50.5. The fraction of sp³-hybridized carbons (Fsp3) is 0.500. The molecule has 0 aliphatic heterocycles. The van der Waals surface area contributed by atoms with Crippen molar-refractivity contribution in [1.29, 1.82) is 0 Å². The number of hydrogen-bond donors (Lipinski definition) is 0. The van der Waals surface area contributed by atoms with Crippen molar-refractivity contribution in [2.24, 2.45) is 11.8 Å². The molecule has 0 radical (unpaired) electrons. The minimum Gasteiger partial charge on any atom is -0.466 e. The van der Waals surface area contributed by atoms with Crippen molar-refractivity contribution in [1.82, 2.24) is 0 Å². The molecular weight excluding hydrogens is 857 g/mol. The highest BCUT2D eigenvalue weighted by molar-refractivity contribution is 7.00. The molecule has 66 heavy (non-hydrogen) atoms. The number of carbonyl (C=O) groups excluding carboxylic acids is 4. The third-order valence-electron chi connectivity index (χ3n) is 12.3. The van der Waals surface area contributed by atoms with Crippen LogP contribution in [0, 0.1) is 11.8 Å². The van der Waals surface area contributed by atoms with Crippen molar-refractivity contribution in [3.8, 4) is 0 Å². The number of ether oxygens (including phenoxy) is 2. The van der Waals surface area contributed by atoms with Crippen LogP contribution in [0.2, 0.25) is 10.1 Å². The molecule has 0 saturated heterocycles. The van der Waals surface area contributed by atoms with Gasteiger partial charge in [0.1, 0.15) is 11.6 Å². The Kier molecular flexibility index (Phi) is 22.6. The number of rotatable bonds is 24. The Hall–Kier alpha value is -4.49. The van der Waals surface area contributed by atoms with E-state index in [1.165, 1.54) is 13.8 Å². The molecule has 0 aliphatic carbocycles. The lowest BCUT2D eigenvalue weighted by molar-refractivity contribution is -0.154. The highest BCUT2D eigenvalue weighted by Crippen LogP contribution is 2.41. The maximum atomic E-state index is 13.1. The standard InChI is InChI=1S/2C28H40O4Si/c2*1-7-9-20-26(25(21-22(3)29)27(30)31-8-2)32-33(28(4,5)6,23-16-12-10-13-17-23)24-18-14-11-15-19-24/h2*10-19,25-26H,7-9,20-21H2,1-6H3/t2*25-,26+/m10/s1. The lowest BCUT2D eigenvalue weighted by Crippen LogP contribution is -2.68. The Morgan fingerprint density at radius 1 is 0.455 bits per heavy atom. The Labute approximate surface area is 399 Å². The van der Waals surface area contributed by atoms with Gasteiger partial charge in [0.2, 0.25) is 0 Å². The van der Waals surface area contributed by atoms with Crippen molar-refractivity contribution < 1.29 is 37.5 Å². The molecule has 4 atom stereocenters. The predicted octanol–water partition coefficient (Wildman–Crippen LogP) is 10.6. The maximum absolute atomic E-state index is 13.1. The highest BCUT2D eigenvalue weighted by atomic mass is 28.4. The van der Waals surface area contributed by atoms with Crippen LogP contribution in [0.15, 0.2) is 121 Å². The fourth-order valence-corrected chi connectivity index (χ4v) is 18.7. The zero-order chi connectivity index (χ0) is 49.0. The Morgan fingerprint density at radius 3 is 0.909 bits per heavy atom. The van der Waals surface area contributed by atoms with Gasteiger partial charge in [-0.1, -0.05) is 202 Å². The van der Waals surface area contributed by atoms with Gasteiger partial charge in [-0.05, 0) is 71.4 Å². The lowest BCUT2D eigenvalue weighted by Gasteiger charge is -2.46. The summed E-state index contributed by atoms with van der Waals surface area (Å²) >= 11 is 0. The average Bonchev–Trinajstić information content (AvgIpc) is 3.28. The van der Waals surface area contributed by atoms with Gasteiger partial charge in [0, 0.05) is 12.8 Å². The first-order valence-corrected chi connectivity index (χ1v) is 28.1. The van der Waals surface area contributed by atoms with Gasteiger partial charge < -0.3 is 27.9 Å². The number of Topliss-reactive ketones (excluding diaryl/α,β-unsaturated/α-hetero) is 2. The summed E-state index contributed by atoms with van der Waals surface area (Å²) in [6, 6.07) is 41.6. The molecule has 4 aromatic rings. The molecule has 0 unspecified atom stereocenters. The monoisotopic (exact) mass is 937 g/mol. The molecule has 0 saturated carbocycles. The van der Waals surface area contributed by atoms with Crippen LogP contribution >= 0.6 is 0 Å². The smallest absolute Gasteiger partial charge is 0.311 e. The molecule has 0 fully saturated rings. The molecule has 8 nitrogen and oxygen atoms in total. The fourth-order valence-electron chi connectivity index (χ4n) is 9.18. The van der Waals surface area contributed by atoms with E-state index >= 15 is 0 Å². The first-order valence-electron chi connectivity index (χ1n) is 24.2. The van der Waals surface area contributed by atoms with E-state index in [9.17, 15) is 19.2 Å². The number of benzene rings is 4. The van der Waals surface area contributed by atoms with Gasteiger partial charge in [-0.3, -0.25) is 9.59 Å². The lowest BCUT2D eigenvalue weighted by atomic mass is 9.93. The van der Waals surface area contributed by atoms with E-state index < -0.39 is 40.7 Å². The van der Waals surface area contributed by atoms with Crippen LogP contribution in [0.3, 0.4) is 0 Å². The van der Waals surface area contributed by atoms with Crippen molar-refractivity contribution in [2.45, 2.75) is 157 Å². The normalized spacial score (nSPS) is 13.9. The second kappa shape index (κ2) is 26.7. The zero-order valence-electron chi connectivity index (χ0n) is 42.2. The third-order valence-corrected chi connectivity index (χ3v) is 22.4. The molecule has 4 aromatic carbocycles. The molecule has 0 aromatic heterocycles. The number of ketones is 2. The van der Waals surface area contributed by atoms with Crippen LogP contribution in [-0.2, 0) is 37.5 Å². The number of hydrogen-bond acceptors (Lipinski definition) is 8. The van der Waals surface area contributed by atoms with Crippen LogP contribution in [0.5, 0.6) is 0 Å². The summed E-state index contributed by atoms with van der Waals surface area (Å²) in [6.07, 6.45) is 4.66. The number of esters is 2. The second-order valence-corrected chi connectivity index (χ2v) is 28.0. The topological polar surface area (TPSA) is 105 Å². The van der Waals surface area contributed by atoms with Crippen LogP contribution in [0.25, 0.3) is 0 Å². The Bertz CT molecular complexity index is 1820. The van der Waals surface area contributed by atoms with E-state index in [0.717, 1.165) is 46.4 Å². The summed E-state index contributed by atoms with van der Waals surface area (Å²) in [7, 11) is -5.73. The summed E-state index contributed by atoms with van der Waals surface area (Å²) in [5.74, 6) is -1.97. The van der Waals surface area contributed by atoms with Crippen LogP contribution in [0.1, 0.15) is 134 Å². The summed E-state index contributed by atoms with van der Waals surface area (Å²) < 4.78 is 25.4. The van der Waals surface area contributed by atoms with Gasteiger partial charge in [-0.15, -0.1) is 0 Å². The quantitative estimate of drug-likeness (QED) is 0.0505. The van der Waals surface area contributed by atoms with E-state index in [1.807, 2.05) is 24.3 Å². The summed E-state index contributed by atoms with van der Waals surface area (Å²) in [5, 5.41) is 4.23. The van der Waals surface area contributed by atoms with Gasteiger partial charge >= 0.3 is 11.9 Å². The van der Waals surface area contributed by atoms with Crippen LogP contribution in [-0.4, -0.2) is 65.6 Å². The average molecular weight is 937 g/mol. The van der Waals surface area contributed by atoms with E-state index in [-0.39, 0.29) is 59.6 Å². The van der Waals surface area contributed by atoms with E-state index in [4.69, 9.17) is 18.3 Å². The molecule has 0 bridgehead atoms. The van der Waals surface area contributed by atoms with Crippen molar-refractivity contribution >= 4 is 60.9 Å². The third kappa shape index (κ3) is 14.8. The second-order valence-electron chi connectivity index (χ2n) is 19.5. The zero-order valence-corrected chi connectivity index (χ0v) is 44.2. The van der Waals surface area contributed by atoms with Crippen LogP contribution < -0.4 is 20.7 Å². The number of unbranched alkanes of at least 4 members (excludes halogenated alkanes) is 2. The van der Waals surface area contributed by atoms with Crippen LogP contribution in [0.4, 0.5) is 0 Å². The summed E-state index contributed by atoms with van der Waals surface area (Å²) in [6.45, 7) is 24.8. The molecular formula is C56H80O8Si2. The van der Waals surface area contributed by atoms with Crippen molar-refractivity contribution in [2.75, 3.05) is 13.2 Å². The first kappa shape index (κ1) is 55.8. The molecule has 0 amide bonds. The summed E-state index contributed by atoms with van der Waals surface area (Å²) in [5.41, 5.74) is 0. The minimum atomic E-state index is -2.86. The molecule has 360 valence electrons. The Balaban J connectivity index is 0.000000350. The molecule has 0 aliphatic rings. The largest absolute Gasteiger partial charge is 0.466 e. The van der Waals surface area contributed by atoms with Gasteiger partial charge in [-0.25, -0.2) is 0 Å². The Morgan fingerprint density at radius 2 is 0.712 bits per heavy atom. The van der Waals surface area contributed by atoms with E-state index in [0.29, 0.717) is 12.8 Å². The van der Waals surface area contributed by atoms with Crippen molar-refractivity contribution in [3.63, 3.8) is 0 Å². The van der Waals surface area contributed by atoms with Gasteiger partial charge in [0.25, 0.3) is 16.6 Å². The van der Waals surface area contributed by atoms with Gasteiger partial charge in [-0.2, -0.15) is 0 Å². The molecule has 0 N–H and O–H groups in total. The minimum absolute atomic E-state index is 0.0272. The number of carbonyl (C=O) groups is 4. The molecule has 0 heterocycles. The highest BCUT2D eigenvalue weighted by Gasteiger charge is 2.54. The molecule has 0 spiro atoms. The maximum Gasteiger partial charge on any atom is 0.311 e. The van der Waals surface area contributed by atoms with Gasteiger partial charge in [0.15, 0.2) is 0 Å². The SMILES string of the molecule is CCCC[C@@H](O[Si](c1ccccc1)(c1ccccc1)C(C)(C)C)[C@H](CC(C)=O)C(=O)OCC.CCCC[C@H](O[Si](c1ccccc1)(c1ccccc1)C(C)(C)C)[C@@H](CC(C)=O)C(=O)OCC. The van der Waals surface area contributed by atoms with E-state index in [2.05, 4.69) is 152 Å². The predicted molar refractivity (Wildman–Crippen MR) is 275 cm³/mol. The van der Waals surface area contributed by atoms with Crippen molar-refractivity contribution in [3.05, 3.63) is 121 Å². The first-order chi connectivity index (χ1) is 31.3. The molecule has 10 heteroatoms. The molecule has 4 rings (SSSR count).